The summed E-state index contributed by atoms with van der Waals surface area (Å²) in [6.07, 6.45) is 0.634. The van der Waals surface area contributed by atoms with Crippen molar-refractivity contribution in [1.82, 2.24) is 0 Å². The first-order chi connectivity index (χ1) is 14.6. The molecule has 3 aromatic rings. The fraction of sp³-hybridized carbons (Fsp3) is 0.208. The summed E-state index contributed by atoms with van der Waals surface area (Å²) in [5.41, 5.74) is 3.52. The summed E-state index contributed by atoms with van der Waals surface area (Å²) in [6, 6.07) is 19.3. The van der Waals surface area contributed by atoms with Gasteiger partial charge in [-0.05, 0) is 42.0 Å². The van der Waals surface area contributed by atoms with E-state index in [-0.39, 0.29) is 11.0 Å². The molecule has 0 bridgehead atoms. The van der Waals surface area contributed by atoms with E-state index in [1.54, 1.807) is 39.2 Å². The molecule has 1 atom stereocenters. The second-order valence-electron chi connectivity index (χ2n) is 6.81. The van der Waals surface area contributed by atoms with Crippen molar-refractivity contribution in [2.75, 3.05) is 21.3 Å². The van der Waals surface area contributed by atoms with E-state index in [1.807, 2.05) is 48.5 Å². The average Bonchev–Trinajstić information content (AvgIpc) is 2.98. The maximum Gasteiger partial charge on any atom is 0.203 e. The molecule has 1 aliphatic heterocycles. The second kappa shape index (κ2) is 8.71. The van der Waals surface area contributed by atoms with Gasteiger partial charge < -0.3 is 19.3 Å². The number of nitrogens with zero attached hydrogens (tertiary/aromatic N) is 1. The predicted molar refractivity (Wildman–Crippen MR) is 120 cm³/mol. The molecule has 1 heterocycles. The molecule has 0 saturated carbocycles. The number of phenolic OH excluding ortho intramolecular Hbond substituents is 1. The number of hydrogen-bond donors (Lipinski definition) is 1. The number of thioether (sulfide) groups is 1. The van der Waals surface area contributed by atoms with Crippen LogP contribution >= 0.6 is 11.8 Å². The molecule has 0 amide bonds. The smallest absolute Gasteiger partial charge is 0.203 e. The molecule has 4 rings (SSSR count). The van der Waals surface area contributed by atoms with Gasteiger partial charge >= 0.3 is 0 Å². The fourth-order valence-corrected chi connectivity index (χ4v) is 4.78. The SMILES string of the molecule is COc1cc([C@H]2CC(c3ccccc3O)=Nc3ccccc3S2)cc(OC)c1OC. The lowest BCUT2D eigenvalue weighted by molar-refractivity contribution is 0.324. The average molecular weight is 422 g/mol. The van der Waals surface area contributed by atoms with Gasteiger partial charge in [-0.15, -0.1) is 11.8 Å². The maximum absolute atomic E-state index is 10.4. The van der Waals surface area contributed by atoms with Crippen molar-refractivity contribution in [3.8, 4) is 23.0 Å². The summed E-state index contributed by atoms with van der Waals surface area (Å²) >= 11 is 1.74. The number of methoxy groups -OCH3 is 3. The van der Waals surface area contributed by atoms with Crippen molar-refractivity contribution >= 4 is 23.2 Å². The molecule has 30 heavy (non-hydrogen) atoms. The standard InChI is InChI=1S/C24H23NO4S/c1-27-20-12-15(13-21(28-2)24(20)29-3)23-14-18(16-8-4-6-10-19(16)26)25-17-9-5-7-11-22(17)30-23/h4-13,23,26H,14H2,1-3H3/t23-/m1/s1. The lowest BCUT2D eigenvalue weighted by atomic mass is 10.00. The Morgan fingerprint density at radius 3 is 2.23 bits per heavy atom. The van der Waals surface area contributed by atoms with Crippen LogP contribution in [0.5, 0.6) is 23.0 Å². The Labute approximate surface area is 180 Å². The van der Waals surface area contributed by atoms with Crippen LogP contribution in [0.2, 0.25) is 0 Å². The number of benzene rings is 3. The van der Waals surface area contributed by atoms with Gasteiger partial charge in [-0.2, -0.15) is 0 Å². The van der Waals surface area contributed by atoms with Gasteiger partial charge in [-0.3, -0.25) is 4.99 Å². The number of rotatable bonds is 5. The highest BCUT2D eigenvalue weighted by atomic mass is 32.2. The van der Waals surface area contributed by atoms with E-state index in [2.05, 4.69) is 6.07 Å². The first-order valence-corrected chi connectivity index (χ1v) is 10.4. The molecule has 0 unspecified atom stereocenters. The zero-order valence-electron chi connectivity index (χ0n) is 17.1. The molecule has 0 aliphatic carbocycles. The van der Waals surface area contributed by atoms with Crippen molar-refractivity contribution in [2.45, 2.75) is 16.6 Å². The van der Waals surface area contributed by atoms with E-state index in [9.17, 15) is 5.11 Å². The summed E-state index contributed by atoms with van der Waals surface area (Å²) in [5.74, 6) is 2.03. The highest BCUT2D eigenvalue weighted by Crippen LogP contribution is 2.49. The first-order valence-electron chi connectivity index (χ1n) is 9.56. The van der Waals surface area contributed by atoms with E-state index in [0.29, 0.717) is 23.7 Å². The zero-order valence-corrected chi connectivity index (χ0v) is 17.9. The van der Waals surface area contributed by atoms with Gasteiger partial charge in [-0.1, -0.05) is 24.3 Å². The lowest BCUT2D eigenvalue weighted by Gasteiger charge is -2.20. The molecule has 1 N–H and O–H groups in total. The van der Waals surface area contributed by atoms with Gasteiger partial charge in [0.05, 0.1) is 32.7 Å². The van der Waals surface area contributed by atoms with Crippen molar-refractivity contribution < 1.29 is 19.3 Å². The predicted octanol–water partition coefficient (Wildman–Crippen LogP) is 5.78. The van der Waals surface area contributed by atoms with Crippen LogP contribution < -0.4 is 14.2 Å². The van der Waals surface area contributed by atoms with Crippen LogP contribution in [0.3, 0.4) is 0 Å². The van der Waals surface area contributed by atoms with Gasteiger partial charge in [0.15, 0.2) is 11.5 Å². The second-order valence-corrected chi connectivity index (χ2v) is 8.06. The Hall–Kier alpha value is -3.12. The largest absolute Gasteiger partial charge is 0.507 e. The normalized spacial score (nSPS) is 15.6. The van der Waals surface area contributed by atoms with Crippen LogP contribution in [0.15, 0.2) is 70.6 Å². The molecular formula is C24H23NO4S. The molecule has 0 radical (unpaired) electrons. The molecule has 0 spiro atoms. The zero-order chi connectivity index (χ0) is 21.1. The Morgan fingerprint density at radius 2 is 1.57 bits per heavy atom. The van der Waals surface area contributed by atoms with Crippen LogP contribution in [0.4, 0.5) is 5.69 Å². The van der Waals surface area contributed by atoms with Crippen LogP contribution in [0.25, 0.3) is 0 Å². The molecule has 6 heteroatoms. The summed E-state index contributed by atoms with van der Waals surface area (Å²) in [6.45, 7) is 0. The highest BCUT2D eigenvalue weighted by molar-refractivity contribution is 7.99. The Kier molecular flexibility index (Phi) is 5.86. The monoisotopic (exact) mass is 421 g/mol. The van der Waals surface area contributed by atoms with Crippen molar-refractivity contribution in [3.63, 3.8) is 0 Å². The minimum absolute atomic E-state index is 0.0423. The van der Waals surface area contributed by atoms with Gasteiger partial charge in [-0.25, -0.2) is 0 Å². The molecule has 0 saturated heterocycles. The van der Waals surface area contributed by atoms with E-state index >= 15 is 0 Å². The number of aliphatic imine (C=N–C) groups is 1. The molecular weight excluding hydrogens is 398 g/mol. The number of phenols is 1. The Morgan fingerprint density at radius 1 is 0.900 bits per heavy atom. The summed E-state index contributed by atoms with van der Waals surface area (Å²) in [5, 5.41) is 10.5. The number of aromatic hydroxyl groups is 1. The molecule has 0 aromatic heterocycles. The van der Waals surface area contributed by atoms with Crippen LogP contribution in [-0.4, -0.2) is 32.1 Å². The number of hydrogen-bond acceptors (Lipinski definition) is 6. The van der Waals surface area contributed by atoms with Gasteiger partial charge in [0.2, 0.25) is 5.75 Å². The molecule has 154 valence electrons. The fourth-order valence-electron chi connectivity index (χ4n) is 3.57. The Balaban J connectivity index is 1.84. The first kappa shape index (κ1) is 20.2. The molecule has 0 fully saturated rings. The summed E-state index contributed by atoms with van der Waals surface area (Å²) < 4.78 is 16.6. The minimum atomic E-state index is 0.0423. The summed E-state index contributed by atoms with van der Waals surface area (Å²) in [4.78, 5) is 6.00. The summed E-state index contributed by atoms with van der Waals surface area (Å²) in [7, 11) is 4.83. The van der Waals surface area contributed by atoms with E-state index < -0.39 is 0 Å². The number of fused-ring (bicyclic) bond motifs is 1. The van der Waals surface area contributed by atoms with Gasteiger partial charge in [0.1, 0.15) is 5.75 Å². The third-order valence-corrected chi connectivity index (χ3v) is 6.36. The number of para-hydroxylation sites is 2. The third-order valence-electron chi connectivity index (χ3n) is 5.04. The molecule has 3 aromatic carbocycles. The maximum atomic E-state index is 10.4. The lowest BCUT2D eigenvalue weighted by Crippen LogP contribution is -2.06. The van der Waals surface area contributed by atoms with Crippen LogP contribution in [0, 0.1) is 0 Å². The van der Waals surface area contributed by atoms with Gasteiger partial charge in [0.25, 0.3) is 0 Å². The van der Waals surface area contributed by atoms with Crippen LogP contribution in [-0.2, 0) is 0 Å². The van der Waals surface area contributed by atoms with Crippen molar-refractivity contribution in [2.24, 2.45) is 4.99 Å². The van der Waals surface area contributed by atoms with E-state index in [1.165, 1.54) is 0 Å². The van der Waals surface area contributed by atoms with Gasteiger partial charge in [0, 0.05) is 22.1 Å². The molecule has 1 aliphatic rings. The van der Waals surface area contributed by atoms with E-state index in [4.69, 9.17) is 19.2 Å². The molecule has 5 nitrogen and oxygen atoms in total. The van der Waals surface area contributed by atoms with E-state index in [0.717, 1.165) is 27.4 Å². The topological polar surface area (TPSA) is 60.3 Å². The number of ether oxygens (including phenoxy) is 3. The Bertz CT molecular complexity index is 1070. The quantitative estimate of drug-likeness (QED) is 0.566. The highest BCUT2D eigenvalue weighted by Gasteiger charge is 2.26. The third kappa shape index (κ3) is 3.83. The van der Waals surface area contributed by atoms with Crippen molar-refractivity contribution in [1.29, 1.82) is 0 Å². The van der Waals surface area contributed by atoms with Crippen LogP contribution in [0.1, 0.15) is 22.8 Å². The van der Waals surface area contributed by atoms with Crippen molar-refractivity contribution in [3.05, 3.63) is 71.8 Å². The minimum Gasteiger partial charge on any atom is -0.507 e.